The SMILES string of the molecule is O=C(CCCCCN1CCNCC1)Cc1sc2c(c1-c1nc3cnccc3s1)CCNC2. The van der Waals surface area contributed by atoms with E-state index in [1.807, 2.05) is 29.8 Å². The van der Waals surface area contributed by atoms with Crippen LogP contribution in [0.5, 0.6) is 0 Å². The van der Waals surface area contributed by atoms with Crippen LogP contribution in [0.1, 0.15) is 41.0 Å². The van der Waals surface area contributed by atoms with Gasteiger partial charge in [-0.25, -0.2) is 4.98 Å². The molecule has 2 aliphatic heterocycles. The predicted octanol–water partition coefficient (Wildman–Crippen LogP) is 3.64. The summed E-state index contributed by atoms with van der Waals surface area (Å²) in [5, 5.41) is 7.93. The molecule has 0 saturated carbocycles. The van der Waals surface area contributed by atoms with E-state index in [1.54, 1.807) is 11.3 Å². The van der Waals surface area contributed by atoms with E-state index in [0.29, 0.717) is 18.6 Å². The lowest BCUT2D eigenvalue weighted by Gasteiger charge is -2.26. The highest BCUT2D eigenvalue weighted by molar-refractivity contribution is 7.22. The van der Waals surface area contributed by atoms with Crippen molar-refractivity contribution < 1.29 is 4.79 Å². The third-order valence-electron chi connectivity index (χ3n) is 6.40. The molecule has 2 aliphatic rings. The van der Waals surface area contributed by atoms with Crippen LogP contribution < -0.4 is 10.6 Å². The fourth-order valence-corrected chi connectivity index (χ4v) is 7.14. The first kappa shape index (κ1) is 22.1. The van der Waals surface area contributed by atoms with Crippen LogP contribution in [0.3, 0.4) is 0 Å². The quantitative estimate of drug-likeness (QED) is 0.466. The molecule has 8 heteroatoms. The lowest BCUT2D eigenvalue weighted by atomic mass is 10.00. The Labute approximate surface area is 197 Å². The number of ketones is 1. The second-order valence-electron chi connectivity index (χ2n) is 8.71. The fraction of sp³-hybridized carbons (Fsp3) is 0.542. The summed E-state index contributed by atoms with van der Waals surface area (Å²) >= 11 is 3.53. The van der Waals surface area contributed by atoms with E-state index in [4.69, 9.17) is 4.98 Å². The number of fused-ring (bicyclic) bond motifs is 2. The highest BCUT2D eigenvalue weighted by Gasteiger charge is 2.25. The van der Waals surface area contributed by atoms with Crippen molar-refractivity contribution in [1.82, 2.24) is 25.5 Å². The second kappa shape index (κ2) is 10.5. The van der Waals surface area contributed by atoms with Crippen LogP contribution in [0.2, 0.25) is 0 Å². The zero-order valence-electron chi connectivity index (χ0n) is 18.5. The second-order valence-corrected chi connectivity index (χ2v) is 10.9. The molecule has 0 unspecified atom stereocenters. The van der Waals surface area contributed by atoms with Crippen molar-refractivity contribution in [1.29, 1.82) is 0 Å². The summed E-state index contributed by atoms with van der Waals surface area (Å²) < 4.78 is 1.16. The molecular formula is C24H31N5OS2. The van der Waals surface area contributed by atoms with Gasteiger partial charge in [0, 0.05) is 67.1 Å². The molecular weight excluding hydrogens is 438 g/mol. The molecule has 0 radical (unpaired) electrons. The van der Waals surface area contributed by atoms with Crippen molar-refractivity contribution in [3.05, 3.63) is 33.8 Å². The van der Waals surface area contributed by atoms with Gasteiger partial charge in [0.2, 0.25) is 0 Å². The molecule has 0 atom stereocenters. The van der Waals surface area contributed by atoms with E-state index in [2.05, 4.69) is 20.5 Å². The minimum atomic E-state index is 0.364. The summed E-state index contributed by atoms with van der Waals surface area (Å²) in [5.41, 5.74) is 3.59. The monoisotopic (exact) mass is 469 g/mol. The summed E-state index contributed by atoms with van der Waals surface area (Å²) in [4.78, 5) is 27.1. The molecule has 6 nitrogen and oxygen atoms in total. The summed E-state index contributed by atoms with van der Waals surface area (Å²) in [6.45, 7) is 7.57. The smallest absolute Gasteiger partial charge is 0.138 e. The van der Waals surface area contributed by atoms with Crippen molar-refractivity contribution in [3.63, 3.8) is 0 Å². The molecule has 0 aromatic carbocycles. The molecule has 170 valence electrons. The Morgan fingerprint density at radius 2 is 2.00 bits per heavy atom. The van der Waals surface area contributed by atoms with Crippen molar-refractivity contribution in [2.45, 2.75) is 45.1 Å². The van der Waals surface area contributed by atoms with Crippen molar-refractivity contribution in [3.8, 4) is 10.6 Å². The fourth-order valence-electron chi connectivity index (χ4n) is 4.69. The number of carbonyl (C=O) groups is 1. The summed E-state index contributed by atoms with van der Waals surface area (Å²) in [6, 6.07) is 2.03. The van der Waals surface area contributed by atoms with Gasteiger partial charge in [0.15, 0.2) is 0 Å². The van der Waals surface area contributed by atoms with E-state index in [-0.39, 0.29) is 0 Å². The maximum Gasteiger partial charge on any atom is 0.138 e. The molecule has 1 fully saturated rings. The minimum Gasteiger partial charge on any atom is -0.314 e. The van der Waals surface area contributed by atoms with Gasteiger partial charge in [-0.15, -0.1) is 22.7 Å². The maximum atomic E-state index is 12.9. The summed E-state index contributed by atoms with van der Waals surface area (Å²) in [6.07, 6.45) is 9.22. The summed E-state index contributed by atoms with van der Waals surface area (Å²) in [7, 11) is 0. The topological polar surface area (TPSA) is 70.2 Å². The van der Waals surface area contributed by atoms with Gasteiger partial charge in [0.1, 0.15) is 16.3 Å². The van der Waals surface area contributed by atoms with E-state index < -0.39 is 0 Å². The number of unbranched alkanes of at least 4 members (excludes halogenated alkanes) is 2. The van der Waals surface area contributed by atoms with E-state index in [1.165, 1.54) is 27.3 Å². The number of nitrogens with one attached hydrogen (secondary N) is 2. The standard InChI is InChI=1S/C24H31N5OS2/c30-17(4-2-1-3-11-29-12-9-25-10-13-29)14-21-23(18-5-7-27-16-22(18)31-21)24-28-19-15-26-8-6-20(19)32-24/h6,8,15,25,27H,1-5,7,9-14,16H2. The number of rotatable bonds is 9. The number of Topliss-reactive ketones (excluding diaryl/α,β-unsaturated/α-hetero) is 1. The number of nitrogens with zero attached hydrogens (tertiary/aromatic N) is 3. The molecule has 1 saturated heterocycles. The molecule has 2 N–H and O–H groups in total. The Balaban J connectivity index is 1.23. The van der Waals surface area contributed by atoms with Crippen LogP contribution >= 0.6 is 22.7 Å². The zero-order valence-corrected chi connectivity index (χ0v) is 20.1. The van der Waals surface area contributed by atoms with Crippen LogP contribution in [0, 0.1) is 0 Å². The Kier molecular flexibility index (Phi) is 7.24. The molecule has 32 heavy (non-hydrogen) atoms. The number of piperazine rings is 1. The number of pyridine rings is 1. The van der Waals surface area contributed by atoms with Gasteiger partial charge in [-0.05, 0) is 44.0 Å². The number of thiazole rings is 1. The van der Waals surface area contributed by atoms with Crippen molar-refractivity contribution >= 4 is 38.7 Å². The van der Waals surface area contributed by atoms with Gasteiger partial charge < -0.3 is 15.5 Å². The van der Waals surface area contributed by atoms with Gasteiger partial charge in [-0.3, -0.25) is 9.78 Å². The lowest BCUT2D eigenvalue weighted by molar-refractivity contribution is -0.118. The average Bonchev–Trinajstić information content (AvgIpc) is 3.40. The zero-order chi connectivity index (χ0) is 21.8. The van der Waals surface area contributed by atoms with E-state index >= 15 is 0 Å². The van der Waals surface area contributed by atoms with Crippen LogP contribution in [-0.2, 0) is 24.2 Å². The first-order valence-corrected chi connectivity index (χ1v) is 13.4. The molecule has 3 aromatic rings. The molecule has 3 aromatic heterocycles. The number of hydrogen-bond donors (Lipinski definition) is 2. The Hall–Kier alpha value is -1.71. The normalized spacial score (nSPS) is 17.0. The average molecular weight is 470 g/mol. The highest BCUT2D eigenvalue weighted by Crippen LogP contribution is 2.41. The predicted molar refractivity (Wildman–Crippen MR) is 133 cm³/mol. The number of thiophene rings is 1. The third-order valence-corrected chi connectivity index (χ3v) is 8.69. The van der Waals surface area contributed by atoms with Gasteiger partial charge >= 0.3 is 0 Å². The molecule has 0 bridgehead atoms. The minimum absolute atomic E-state index is 0.364. The first-order valence-electron chi connectivity index (χ1n) is 11.8. The first-order chi connectivity index (χ1) is 15.8. The van der Waals surface area contributed by atoms with E-state index in [9.17, 15) is 4.79 Å². The third kappa shape index (κ3) is 5.10. The van der Waals surface area contributed by atoms with Crippen LogP contribution in [0.4, 0.5) is 0 Å². The van der Waals surface area contributed by atoms with Crippen molar-refractivity contribution in [2.75, 3.05) is 39.3 Å². The van der Waals surface area contributed by atoms with Gasteiger partial charge in [-0.2, -0.15) is 0 Å². The largest absolute Gasteiger partial charge is 0.314 e. The molecule has 0 spiro atoms. The Morgan fingerprint density at radius 3 is 2.88 bits per heavy atom. The molecule has 0 aliphatic carbocycles. The number of carbonyl (C=O) groups excluding carboxylic acids is 1. The highest BCUT2D eigenvalue weighted by atomic mass is 32.1. The maximum absolute atomic E-state index is 12.9. The molecule has 0 amide bonds. The molecule has 5 heterocycles. The number of hydrogen-bond acceptors (Lipinski definition) is 8. The van der Waals surface area contributed by atoms with Crippen LogP contribution in [-0.4, -0.2) is 59.9 Å². The van der Waals surface area contributed by atoms with Gasteiger partial charge in [-0.1, -0.05) is 6.42 Å². The summed E-state index contributed by atoms with van der Waals surface area (Å²) in [5.74, 6) is 0.364. The Bertz CT molecular complexity index is 1040. The van der Waals surface area contributed by atoms with Gasteiger partial charge in [0.05, 0.1) is 10.9 Å². The lowest BCUT2D eigenvalue weighted by Crippen LogP contribution is -2.43. The van der Waals surface area contributed by atoms with Gasteiger partial charge in [0.25, 0.3) is 0 Å². The van der Waals surface area contributed by atoms with Crippen LogP contribution in [0.25, 0.3) is 20.8 Å². The number of aromatic nitrogens is 2. The van der Waals surface area contributed by atoms with Crippen LogP contribution in [0.15, 0.2) is 18.5 Å². The molecule has 5 rings (SSSR count). The Morgan fingerprint density at radius 1 is 1.09 bits per heavy atom. The van der Waals surface area contributed by atoms with Crippen molar-refractivity contribution in [2.24, 2.45) is 0 Å². The van der Waals surface area contributed by atoms with E-state index in [0.717, 1.165) is 80.3 Å².